The van der Waals surface area contributed by atoms with Crippen molar-refractivity contribution in [3.63, 3.8) is 0 Å². The fourth-order valence-corrected chi connectivity index (χ4v) is 12.2. The van der Waals surface area contributed by atoms with Crippen LogP contribution in [-0.4, -0.2) is 6.54 Å². The first-order chi connectivity index (χ1) is 26.6. The van der Waals surface area contributed by atoms with E-state index in [2.05, 4.69) is 96.5 Å². The van der Waals surface area contributed by atoms with Crippen LogP contribution >= 0.6 is 57.1 Å². The standard InChI is InChI=1S/C48H49NS5/c1-4-7-8-9-10-11-12-13-14-15-16-17-18-19-32-49-39-24-20-35(41-28-30-45(52-41)43-26-22-37(5-2)50-43)33-47(39)54-48-34-36(21-25-40(48)49)42-29-31-46(53-42)44-27-23-38(6-3)51-44/h2-3,20-31,33-34H,4,7-19,32H2,1H3. The molecule has 0 N–H and O–H groups in total. The van der Waals surface area contributed by atoms with Crippen molar-refractivity contribution in [2.24, 2.45) is 0 Å². The second-order valence-corrected chi connectivity index (χ2v) is 19.6. The van der Waals surface area contributed by atoms with E-state index in [4.69, 9.17) is 12.8 Å². The number of fused-ring (bicyclic) bond motifs is 2. The van der Waals surface area contributed by atoms with Crippen LogP contribution in [-0.2, 0) is 0 Å². The van der Waals surface area contributed by atoms with E-state index in [-0.39, 0.29) is 0 Å². The van der Waals surface area contributed by atoms with Gasteiger partial charge in [0.1, 0.15) is 0 Å². The molecule has 5 heterocycles. The number of hydrogen-bond acceptors (Lipinski definition) is 6. The molecule has 6 heteroatoms. The van der Waals surface area contributed by atoms with Gasteiger partial charge < -0.3 is 4.90 Å². The number of terminal acetylenes is 2. The smallest absolute Gasteiger partial charge is 0.0772 e. The molecule has 2 aromatic carbocycles. The molecule has 0 fully saturated rings. The number of nitrogens with zero attached hydrogens (tertiary/aromatic N) is 1. The highest BCUT2D eigenvalue weighted by Gasteiger charge is 2.25. The fraction of sp³-hybridized carbons (Fsp3) is 0.333. The molecule has 0 radical (unpaired) electrons. The molecule has 0 spiro atoms. The molecule has 0 atom stereocenters. The topological polar surface area (TPSA) is 3.24 Å². The summed E-state index contributed by atoms with van der Waals surface area (Å²) in [5.74, 6) is 5.56. The van der Waals surface area contributed by atoms with Crippen molar-refractivity contribution in [2.75, 3.05) is 11.4 Å². The Bertz CT molecular complexity index is 2070. The van der Waals surface area contributed by atoms with Crippen molar-refractivity contribution < 1.29 is 0 Å². The number of hydrogen-bond donors (Lipinski definition) is 0. The van der Waals surface area contributed by atoms with Crippen LogP contribution in [0.3, 0.4) is 0 Å². The van der Waals surface area contributed by atoms with Crippen molar-refractivity contribution in [2.45, 2.75) is 107 Å². The SMILES string of the molecule is C#Cc1ccc(-c2ccc(-c3ccc4c(c3)Sc3cc(-c5ccc(-c6ccc(C#C)s6)s5)ccc3N4CCCCCCCCCCCCCCCC)s2)s1. The highest BCUT2D eigenvalue weighted by Crippen LogP contribution is 2.51. The Labute approximate surface area is 343 Å². The highest BCUT2D eigenvalue weighted by atomic mass is 32.2. The third-order valence-electron chi connectivity index (χ3n) is 10.2. The summed E-state index contributed by atoms with van der Waals surface area (Å²) in [6.45, 7) is 3.33. The number of thiophene rings is 4. The lowest BCUT2D eigenvalue weighted by atomic mass is 10.0. The summed E-state index contributed by atoms with van der Waals surface area (Å²) in [6, 6.07) is 31.5. The summed E-state index contributed by atoms with van der Waals surface area (Å²) >= 11 is 8.98. The van der Waals surface area contributed by atoms with E-state index in [9.17, 15) is 0 Å². The molecule has 0 unspecified atom stereocenters. The number of anilines is 2. The largest absolute Gasteiger partial charge is 0.340 e. The Balaban J connectivity index is 1.03. The van der Waals surface area contributed by atoms with Crippen LogP contribution in [0.4, 0.5) is 11.4 Å². The summed E-state index contributed by atoms with van der Waals surface area (Å²) < 4.78 is 0. The van der Waals surface area contributed by atoms with Crippen LogP contribution in [0, 0.1) is 24.7 Å². The summed E-state index contributed by atoms with van der Waals surface area (Å²) in [7, 11) is 0. The van der Waals surface area contributed by atoms with E-state index < -0.39 is 0 Å². The van der Waals surface area contributed by atoms with Crippen molar-refractivity contribution in [3.05, 3.63) is 94.7 Å². The van der Waals surface area contributed by atoms with Gasteiger partial charge in [-0.05, 0) is 90.3 Å². The Morgan fingerprint density at radius 1 is 0.444 bits per heavy atom. The average molecular weight is 800 g/mol. The molecular weight excluding hydrogens is 751 g/mol. The van der Waals surface area contributed by atoms with E-state index in [1.54, 1.807) is 22.7 Å². The molecule has 1 nitrogen and oxygen atoms in total. The van der Waals surface area contributed by atoms with E-state index in [0.717, 1.165) is 16.3 Å². The molecule has 0 saturated heterocycles. The van der Waals surface area contributed by atoms with Crippen molar-refractivity contribution in [1.29, 1.82) is 0 Å². The minimum atomic E-state index is 0.977. The van der Waals surface area contributed by atoms with Crippen molar-refractivity contribution in [1.82, 2.24) is 0 Å². The number of benzene rings is 2. The molecule has 0 amide bonds. The van der Waals surface area contributed by atoms with Crippen molar-refractivity contribution in [3.8, 4) is 65.1 Å². The number of rotatable bonds is 19. The predicted molar refractivity (Wildman–Crippen MR) is 243 cm³/mol. The molecule has 4 aromatic heterocycles. The Kier molecular flexibility index (Phi) is 13.9. The minimum Gasteiger partial charge on any atom is -0.340 e. The first kappa shape index (κ1) is 38.8. The first-order valence-corrected chi connectivity index (χ1v) is 23.8. The zero-order chi connectivity index (χ0) is 37.1. The van der Waals surface area contributed by atoms with Crippen LogP contribution in [0.25, 0.3) is 40.4 Å². The van der Waals surface area contributed by atoms with Gasteiger partial charge >= 0.3 is 0 Å². The van der Waals surface area contributed by atoms with E-state index in [1.807, 2.05) is 46.6 Å². The molecule has 1 aliphatic rings. The van der Waals surface area contributed by atoms with Gasteiger partial charge in [0.15, 0.2) is 0 Å². The van der Waals surface area contributed by atoms with Crippen LogP contribution in [0.5, 0.6) is 0 Å². The zero-order valence-electron chi connectivity index (χ0n) is 31.3. The van der Waals surface area contributed by atoms with E-state index in [0.29, 0.717) is 0 Å². The third-order valence-corrected chi connectivity index (χ3v) is 16.0. The number of unbranched alkanes of at least 4 members (excludes halogenated alkanes) is 13. The predicted octanol–water partition coefficient (Wildman–Crippen LogP) is 16.6. The second-order valence-electron chi connectivity index (χ2n) is 14.2. The van der Waals surface area contributed by atoms with Gasteiger partial charge in [0.2, 0.25) is 0 Å². The van der Waals surface area contributed by atoms with Crippen molar-refractivity contribution >= 4 is 68.5 Å². The van der Waals surface area contributed by atoms with Crippen LogP contribution in [0.15, 0.2) is 94.7 Å². The Hall–Kier alpha value is -3.49. The van der Waals surface area contributed by atoms with Crippen LogP contribution in [0.2, 0.25) is 0 Å². The normalized spacial score (nSPS) is 12.0. The van der Waals surface area contributed by atoms with Gasteiger partial charge in [0, 0.05) is 45.6 Å². The minimum absolute atomic E-state index is 0.977. The maximum atomic E-state index is 5.66. The van der Waals surface area contributed by atoms with E-state index in [1.165, 1.54) is 151 Å². The fourth-order valence-electron chi connectivity index (χ4n) is 7.24. The molecule has 7 rings (SSSR count). The molecule has 0 bridgehead atoms. The van der Waals surface area contributed by atoms with Gasteiger partial charge in [-0.3, -0.25) is 0 Å². The second kappa shape index (κ2) is 19.4. The zero-order valence-corrected chi connectivity index (χ0v) is 35.4. The third kappa shape index (κ3) is 9.65. The molecule has 276 valence electrons. The summed E-state index contributed by atoms with van der Waals surface area (Å²) in [5, 5.41) is 0. The highest BCUT2D eigenvalue weighted by molar-refractivity contribution is 7.99. The molecule has 54 heavy (non-hydrogen) atoms. The maximum Gasteiger partial charge on any atom is 0.0772 e. The lowest BCUT2D eigenvalue weighted by Gasteiger charge is -2.33. The lowest BCUT2D eigenvalue weighted by Crippen LogP contribution is -2.22. The molecule has 1 aliphatic heterocycles. The van der Waals surface area contributed by atoms with Crippen LogP contribution in [0.1, 0.15) is 107 Å². The molecule has 0 aliphatic carbocycles. The van der Waals surface area contributed by atoms with Gasteiger partial charge in [-0.25, -0.2) is 0 Å². The van der Waals surface area contributed by atoms with Gasteiger partial charge in [0.05, 0.1) is 21.1 Å². The summed E-state index contributed by atoms with van der Waals surface area (Å²) in [4.78, 5) is 14.8. The van der Waals surface area contributed by atoms with Gasteiger partial charge in [0.25, 0.3) is 0 Å². The Morgan fingerprint density at radius 3 is 1.26 bits per heavy atom. The van der Waals surface area contributed by atoms with Gasteiger partial charge in [-0.1, -0.05) is 126 Å². The molecule has 0 saturated carbocycles. The summed E-state index contributed by atoms with van der Waals surface area (Å²) in [6.07, 6.45) is 30.6. The van der Waals surface area contributed by atoms with Gasteiger partial charge in [-0.2, -0.15) is 0 Å². The molecular formula is C48H49NS5. The quantitative estimate of drug-likeness (QED) is 0.0593. The van der Waals surface area contributed by atoms with Crippen LogP contribution < -0.4 is 4.90 Å². The monoisotopic (exact) mass is 799 g/mol. The average Bonchev–Trinajstić information content (AvgIpc) is 4.04. The Morgan fingerprint density at radius 2 is 0.833 bits per heavy atom. The first-order valence-electron chi connectivity index (χ1n) is 19.7. The maximum absolute atomic E-state index is 5.66. The van der Waals surface area contributed by atoms with Gasteiger partial charge in [-0.15, -0.1) is 58.2 Å². The molecule has 6 aromatic rings. The summed E-state index contributed by atoms with van der Waals surface area (Å²) in [5.41, 5.74) is 5.19. The lowest BCUT2D eigenvalue weighted by molar-refractivity contribution is 0.536. The van der Waals surface area contributed by atoms with E-state index >= 15 is 0 Å².